The van der Waals surface area contributed by atoms with Crippen LogP contribution in [0.2, 0.25) is 0 Å². The van der Waals surface area contributed by atoms with E-state index in [0.29, 0.717) is 10.0 Å². The molecule has 1 atom stereocenters. The highest BCUT2D eigenvalue weighted by atomic mass is 79.9. The lowest BCUT2D eigenvalue weighted by Gasteiger charge is -2.13. The molecule has 1 aromatic rings. The molecule has 0 spiro atoms. The van der Waals surface area contributed by atoms with E-state index in [4.69, 9.17) is 11.6 Å². The highest BCUT2D eigenvalue weighted by molar-refractivity contribution is 9.10. The van der Waals surface area contributed by atoms with Crippen LogP contribution in [0.25, 0.3) is 0 Å². The SMILES string of the molecule is FC(F)(F)CC(Cl)c1ccccc1Br. The van der Waals surface area contributed by atoms with Crippen LogP contribution >= 0.6 is 27.5 Å². The fourth-order valence-corrected chi connectivity index (χ4v) is 2.10. The Labute approximate surface area is 93.2 Å². The third-order valence-electron chi connectivity index (χ3n) is 1.65. The van der Waals surface area contributed by atoms with Gasteiger partial charge in [-0.1, -0.05) is 34.1 Å². The smallest absolute Gasteiger partial charge is 0.171 e. The van der Waals surface area contributed by atoms with E-state index in [2.05, 4.69) is 15.9 Å². The molecule has 0 heterocycles. The predicted octanol–water partition coefficient (Wildman–Crippen LogP) is 4.68. The lowest BCUT2D eigenvalue weighted by atomic mass is 10.1. The van der Waals surface area contributed by atoms with E-state index in [9.17, 15) is 13.2 Å². The van der Waals surface area contributed by atoms with Gasteiger partial charge in [0, 0.05) is 4.47 Å². The van der Waals surface area contributed by atoms with Gasteiger partial charge in [0.05, 0.1) is 11.8 Å². The minimum Gasteiger partial charge on any atom is -0.171 e. The molecule has 0 fully saturated rings. The zero-order chi connectivity index (χ0) is 10.8. The molecule has 0 aliphatic heterocycles. The molecule has 0 saturated heterocycles. The summed E-state index contributed by atoms with van der Waals surface area (Å²) in [5.41, 5.74) is 0.464. The standard InChI is InChI=1S/C9H7BrClF3/c10-7-4-2-1-3-6(7)8(11)5-9(12,13)14/h1-4,8H,5H2. The van der Waals surface area contributed by atoms with Crippen molar-refractivity contribution in [2.24, 2.45) is 0 Å². The first-order valence-electron chi connectivity index (χ1n) is 3.85. The van der Waals surface area contributed by atoms with E-state index in [0.717, 1.165) is 0 Å². The third kappa shape index (κ3) is 3.50. The maximum absolute atomic E-state index is 12.0. The van der Waals surface area contributed by atoms with Gasteiger partial charge >= 0.3 is 6.18 Å². The normalized spacial score (nSPS) is 14.1. The molecule has 1 unspecified atom stereocenters. The second-order valence-corrected chi connectivity index (χ2v) is 4.19. The van der Waals surface area contributed by atoms with Crippen molar-refractivity contribution in [3.63, 3.8) is 0 Å². The van der Waals surface area contributed by atoms with Crippen molar-refractivity contribution in [1.29, 1.82) is 0 Å². The number of rotatable bonds is 2. The van der Waals surface area contributed by atoms with Crippen LogP contribution in [0, 0.1) is 0 Å². The zero-order valence-electron chi connectivity index (χ0n) is 6.98. The molecule has 0 aliphatic rings. The molecule has 14 heavy (non-hydrogen) atoms. The Hall–Kier alpha value is -0.220. The van der Waals surface area contributed by atoms with Crippen LogP contribution in [-0.4, -0.2) is 6.18 Å². The van der Waals surface area contributed by atoms with Crippen LogP contribution in [0.4, 0.5) is 13.2 Å². The van der Waals surface area contributed by atoms with Crippen molar-refractivity contribution in [2.45, 2.75) is 18.0 Å². The number of hydrogen-bond donors (Lipinski definition) is 0. The van der Waals surface area contributed by atoms with Gasteiger partial charge in [0.15, 0.2) is 0 Å². The van der Waals surface area contributed by atoms with Gasteiger partial charge < -0.3 is 0 Å². The Morgan fingerprint density at radius 2 is 1.86 bits per heavy atom. The first-order valence-corrected chi connectivity index (χ1v) is 5.08. The number of hydrogen-bond acceptors (Lipinski definition) is 0. The number of benzene rings is 1. The molecule has 0 aromatic heterocycles. The molecule has 0 nitrogen and oxygen atoms in total. The summed E-state index contributed by atoms with van der Waals surface area (Å²) >= 11 is 8.80. The summed E-state index contributed by atoms with van der Waals surface area (Å²) < 4.78 is 36.7. The molecule has 1 aromatic carbocycles. The first kappa shape index (κ1) is 11.9. The van der Waals surface area contributed by atoms with Gasteiger partial charge in [-0.25, -0.2) is 0 Å². The monoisotopic (exact) mass is 286 g/mol. The minimum absolute atomic E-state index is 0.464. The fraction of sp³-hybridized carbons (Fsp3) is 0.333. The third-order valence-corrected chi connectivity index (χ3v) is 2.76. The van der Waals surface area contributed by atoms with Crippen LogP contribution in [-0.2, 0) is 0 Å². The average molecular weight is 288 g/mol. The molecular weight excluding hydrogens is 280 g/mol. The molecule has 0 radical (unpaired) electrons. The molecule has 0 saturated carbocycles. The first-order chi connectivity index (χ1) is 6.40. The Bertz CT molecular complexity index is 311. The van der Waals surface area contributed by atoms with Crippen molar-refractivity contribution in [3.05, 3.63) is 34.3 Å². The highest BCUT2D eigenvalue weighted by Crippen LogP contribution is 2.36. The van der Waals surface area contributed by atoms with Gasteiger partial charge in [0.2, 0.25) is 0 Å². The van der Waals surface area contributed by atoms with Crippen LogP contribution in [0.5, 0.6) is 0 Å². The van der Waals surface area contributed by atoms with Gasteiger partial charge in [0.25, 0.3) is 0 Å². The van der Waals surface area contributed by atoms with Gasteiger partial charge in [-0.2, -0.15) is 13.2 Å². The number of halogens is 5. The van der Waals surface area contributed by atoms with Gasteiger partial charge in [0.1, 0.15) is 0 Å². The molecule has 0 N–H and O–H groups in total. The van der Waals surface area contributed by atoms with Crippen molar-refractivity contribution >= 4 is 27.5 Å². The maximum atomic E-state index is 12.0. The largest absolute Gasteiger partial charge is 0.390 e. The maximum Gasteiger partial charge on any atom is 0.390 e. The fourth-order valence-electron chi connectivity index (χ4n) is 1.04. The van der Waals surface area contributed by atoms with Gasteiger partial charge in [-0.3, -0.25) is 0 Å². The lowest BCUT2D eigenvalue weighted by Crippen LogP contribution is -2.10. The van der Waals surface area contributed by atoms with E-state index in [-0.39, 0.29) is 0 Å². The van der Waals surface area contributed by atoms with E-state index < -0.39 is 18.0 Å². The summed E-state index contributed by atoms with van der Waals surface area (Å²) in [6.07, 6.45) is -5.25. The van der Waals surface area contributed by atoms with Crippen molar-refractivity contribution in [2.75, 3.05) is 0 Å². The highest BCUT2D eigenvalue weighted by Gasteiger charge is 2.32. The summed E-state index contributed by atoms with van der Waals surface area (Å²) in [7, 11) is 0. The summed E-state index contributed by atoms with van der Waals surface area (Å²) in [4.78, 5) is 0. The van der Waals surface area contributed by atoms with Gasteiger partial charge in [-0.15, -0.1) is 11.6 Å². The molecule has 0 amide bonds. The van der Waals surface area contributed by atoms with E-state index in [1.54, 1.807) is 24.3 Å². The Morgan fingerprint density at radius 1 is 1.29 bits per heavy atom. The van der Waals surface area contributed by atoms with Crippen LogP contribution in [0.1, 0.15) is 17.4 Å². The zero-order valence-corrected chi connectivity index (χ0v) is 9.33. The molecule has 78 valence electrons. The second kappa shape index (κ2) is 4.53. The predicted molar refractivity (Wildman–Crippen MR) is 53.4 cm³/mol. The second-order valence-electron chi connectivity index (χ2n) is 2.81. The topological polar surface area (TPSA) is 0 Å². The molecular formula is C9H7BrClF3. The quantitative estimate of drug-likeness (QED) is 0.693. The van der Waals surface area contributed by atoms with E-state index in [1.807, 2.05) is 0 Å². The van der Waals surface area contributed by atoms with E-state index in [1.165, 1.54) is 0 Å². The average Bonchev–Trinajstić information content (AvgIpc) is 2.01. The van der Waals surface area contributed by atoms with E-state index >= 15 is 0 Å². The lowest BCUT2D eigenvalue weighted by molar-refractivity contribution is -0.134. The Morgan fingerprint density at radius 3 is 2.36 bits per heavy atom. The van der Waals surface area contributed by atoms with Crippen molar-refractivity contribution in [1.82, 2.24) is 0 Å². The Balaban J connectivity index is 2.80. The minimum atomic E-state index is -4.23. The summed E-state index contributed by atoms with van der Waals surface area (Å²) in [6.45, 7) is 0. The van der Waals surface area contributed by atoms with Crippen LogP contribution < -0.4 is 0 Å². The summed E-state index contributed by atoms with van der Waals surface area (Å²) in [5, 5.41) is -1.04. The molecule has 1 rings (SSSR count). The summed E-state index contributed by atoms with van der Waals surface area (Å²) in [5.74, 6) is 0. The van der Waals surface area contributed by atoms with Crippen LogP contribution in [0.3, 0.4) is 0 Å². The molecule has 0 bridgehead atoms. The van der Waals surface area contributed by atoms with Gasteiger partial charge in [-0.05, 0) is 11.6 Å². The van der Waals surface area contributed by atoms with Crippen LogP contribution in [0.15, 0.2) is 28.7 Å². The molecule has 0 aliphatic carbocycles. The molecule has 5 heteroatoms. The number of alkyl halides is 4. The Kier molecular flexibility index (Phi) is 3.84. The van der Waals surface area contributed by atoms with Crippen molar-refractivity contribution < 1.29 is 13.2 Å². The van der Waals surface area contributed by atoms with Crippen molar-refractivity contribution in [3.8, 4) is 0 Å². The summed E-state index contributed by atoms with van der Waals surface area (Å²) in [6, 6.07) is 6.63.